The van der Waals surface area contributed by atoms with E-state index in [1.165, 1.54) is 25.9 Å². The Kier molecular flexibility index (Phi) is 4.45. The predicted octanol–water partition coefficient (Wildman–Crippen LogP) is 1.73. The number of nitrogens with zero attached hydrogens (tertiary/aromatic N) is 1. The van der Waals surface area contributed by atoms with Crippen molar-refractivity contribution in [1.29, 1.82) is 0 Å². The Bertz CT molecular complexity index is 223. The maximum atomic E-state index is 5.51. The van der Waals surface area contributed by atoms with Gasteiger partial charge in [-0.25, -0.2) is 0 Å². The van der Waals surface area contributed by atoms with Crippen LogP contribution in [0.4, 0.5) is 0 Å². The van der Waals surface area contributed by atoms with E-state index in [4.69, 9.17) is 4.74 Å². The molecule has 100 valence electrons. The largest absolute Gasteiger partial charge is 0.378 e. The van der Waals surface area contributed by atoms with E-state index >= 15 is 0 Å². The van der Waals surface area contributed by atoms with E-state index in [9.17, 15) is 0 Å². The van der Waals surface area contributed by atoms with Crippen LogP contribution < -0.4 is 5.32 Å². The van der Waals surface area contributed by atoms with E-state index in [0.717, 1.165) is 32.2 Å². The molecule has 0 aromatic carbocycles. The van der Waals surface area contributed by atoms with Gasteiger partial charge in [0.05, 0.1) is 13.2 Å². The van der Waals surface area contributed by atoms with Gasteiger partial charge in [-0.05, 0) is 37.3 Å². The molecule has 0 bridgehead atoms. The Balaban J connectivity index is 1.71. The fourth-order valence-electron chi connectivity index (χ4n) is 3.03. The van der Waals surface area contributed by atoms with E-state index in [-0.39, 0.29) is 0 Å². The summed E-state index contributed by atoms with van der Waals surface area (Å²) in [4.78, 5) is 2.61. The molecule has 1 N–H and O–H groups in total. The minimum atomic E-state index is 0.484. The lowest BCUT2D eigenvalue weighted by Crippen LogP contribution is -2.50. The second-order valence-electron chi connectivity index (χ2n) is 6.67. The topological polar surface area (TPSA) is 24.5 Å². The van der Waals surface area contributed by atoms with E-state index < -0.39 is 0 Å². The minimum Gasteiger partial charge on any atom is -0.378 e. The van der Waals surface area contributed by atoms with Crippen LogP contribution in [0, 0.1) is 11.3 Å². The van der Waals surface area contributed by atoms with Crippen LogP contribution in [0.2, 0.25) is 0 Å². The van der Waals surface area contributed by atoms with Crippen molar-refractivity contribution < 1.29 is 4.74 Å². The number of likely N-dealkylation sites (tertiary alicyclic amines) is 1. The van der Waals surface area contributed by atoms with Crippen molar-refractivity contribution in [3.8, 4) is 0 Å². The zero-order chi connectivity index (χ0) is 12.3. The van der Waals surface area contributed by atoms with Crippen LogP contribution in [-0.2, 0) is 4.74 Å². The number of rotatable bonds is 2. The molecule has 2 rings (SSSR count). The molecule has 2 fully saturated rings. The lowest BCUT2D eigenvalue weighted by molar-refractivity contribution is 0.0477. The highest BCUT2D eigenvalue weighted by Gasteiger charge is 2.29. The van der Waals surface area contributed by atoms with Gasteiger partial charge in [-0.3, -0.25) is 0 Å². The molecule has 0 amide bonds. The molecule has 0 aromatic rings. The van der Waals surface area contributed by atoms with Crippen molar-refractivity contribution in [3.05, 3.63) is 0 Å². The Labute approximate surface area is 106 Å². The van der Waals surface area contributed by atoms with Gasteiger partial charge >= 0.3 is 0 Å². The standard InChI is InChI=1S/C14H28N2O/c1-14(2,3)12-4-7-16(8-5-12)10-13-11-17-9-6-15-13/h12-13,15H,4-11H2,1-3H3. The van der Waals surface area contributed by atoms with Gasteiger partial charge in [0.2, 0.25) is 0 Å². The normalized spacial score (nSPS) is 29.5. The van der Waals surface area contributed by atoms with Crippen molar-refractivity contribution in [1.82, 2.24) is 10.2 Å². The summed E-state index contributed by atoms with van der Waals surface area (Å²) < 4.78 is 5.51. The summed E-state index contributed by atoms with van der Waals surface area (Å²) in [6.45, 7) is 13.6. The maximum Gasteiger partial charge on any atom is 0.0632 e. The molecule has 0 aromatic heterocycles. The summed E-state index contributed by atoms with van der Waals surface area (Å²) in [6, 6.07) is 0.551. The second kappa shape index (κ2) is 5.68. The van der Waals surface area contributed by atoms with E-state index in [1.54, 1.807) is 0 Å². The highest BCUT2D eigenvalue weighted by molar-refractivity contribution is 4.83. The van der Waals surface area contributed by atoms with Crippen molar-refractivity contribution in [3.63, 3.8) is 0 Å². The fraction of sp³-hybridized carbons (Fsp3) is 1.00. The second-order valence-corrected chi connectivity index (χ2v) is 6.67. The predicted molar refractivity (Wildman–Crippen MR) is 71.2 cm³/mol. The third-order valence-corrected chi connectivity index (χ3v) is 4.29. The van der Waals surface area contributed by atoms with E-state index in [0.29, 0.717) is 11.5 Å². The van der Waals surface area contributed by atoms with Gasteiger partial charge in [0.15, 0.2) is 0 Å². The van der Waals surface area contributed by atoms with Gasteiger partial charge in [0.25, 0.3) is 0 Å². The third-order valence-electron chi connectivity index (χ3n) is 4.29. The lowest BCUT2D eigenvalue weighted by Gasteiger charge is -2.40. The fourth-order valence-corrected chi connectivity index (χ4v) is 3.03. The van der Waals surface area contributed by atoms with Crippen LogP contribution in [0.15, 0.2) is 0 Å². The van der Waals surface area contributed by atoms with Crippen LogP contribution >= 0.6 is 0 Å². The number of ether oxygens (including phenoxy) is 1. The smallest absolute Gasteiger partial charge is 0.0632 e. The molecule has 2 saturated heterocycles. The molecule has 0 radical (unpaired) electrons. The SMILES string of the molecule is CC(C)(C)C1CCN(CC2COCCN2)CC1. The first-order valence-electron chi connectivity index (χ1n) is 7.09. The average Bonchev–Trinajstić information content (AvgIpc) is 2.30. The number of morpholine rings is 1. The number of hydrogen-bond donors (Lipinski definition) is 1. The molecule has 2 aliphatic rings. The number of hydrogen-bond acceptors (Lipinski definition) is 3. The molecule has 1 unspecified atom stereocenters. The zero-order valence-electron chi connectivity index (χ0n) is 11.7. The van der Waals surface area contributed by atoms with Gasteiger partial charge < -0.3 is 15.0 Å². The molecular formula is C14H28N2O. The molecule has 0 spiro atoms. The highest BCUT2D eigenvalue weighted by Crippen LogP contribution is 2.34. The van der Waals surface area contributed by atoms with Crippen molar-refractivity contribution in [2.24, 2.45) is 11.3 Å². The van der Waals surface area contributed by atoms with Crippen LogP contribution in [-0.4, -0.2) is 50.3 Å². The Morgan fingerprint density at radius 1 is 1.24 bits per heavy atom. The van der Waals surface area contributed by atoms with Gasteiger partial charge in [-0.1, -0.05) is 20.8 Å². The summed E-state index contributed by atoms with van der Waals surface area (Å²) >= 11 is 0. The Hall–Kier alpha value is -0.120. The van der Waals surface area contributed by atoms with Crippen molar-refractivity contribution >= 4 is 0 Å². The number of nitrogens with one attached hydrogen (secondary N) is 1. The van der Waals surface area contributed by atoms with E-state index in [1.807, 2.05) is 0 Å². The van der Waals surface area contributed by atoms with Crippen molar-refractivity contribution in [2.45, 2.75) is 39.7 Å². The first-order chi connectivity index (χ1) is 8.05. The average molecular weight is 240 g/mol. The van der Waals surface area contributed by atoms with Gasteiger partial charge in [0.1, 0.15) is 0 Å². The molecule has 0 saturated carbocycles. The van der Waals surface area contributed by atoms with Crippen LogP contribution in [0.25, 0.3) is 0 Å². The molecular weight excluding hydrogens is 212 g/mol. The summed E-state index contributed by atoms with van der Waals surface area (Å²) in [5.41, 5.74) is 0.484. The summed E-state index contributed by atoms with van der Waals surface area (Å²) in [5.74, 6) is 0.898. The molecule has 2 heterocycles. The molecule has 3 heteroatoms. The first-order valence-corrected chi connectivity index (χ1v) is 7.09. The monoisotopic (exact) mass is 240 g/mol. The third kappa shape index (κ3) is 3.94. The minimum absolute atomic E-state index is 0.484. The van der Waals surface area contributed by atoms with Gasteiger partial charge in [-0.15, -0.1) is 0 Å². The van der Waals surface area contributed by atoms with Gasteiger partial charge in [0, 0.05) is 19.1 Å². The summed E-state index contributed by atoms with van der Waals surface area (Å²) in [5, 5.41) is 3.54. The number of piperidine rings is 1. The summed E-state index contributed by atoms with van der Waals surface area (Å²) in [6.07, 6.45) is 2.72. The Morgan fingerprint density at radius 3 is 2.47 bits per heavy atom. The highest BCUT2D eigenvalue weighted by atomic mass is 16.5. The zero-order valence-corrected chi connectivity index (χ0v) is 11.7. The van der Waals surface area contributed by atoms with Crippen LogP contribution in [0.1, 0.15) is 33.6 Å². The molecule has 17 heavy (non-hydrogen) atoms. The quantitative estimate of drug-likeness (QED) is 0.795. The molecule has 0 aliphatic carbocycles. The van der Waals surface area contributed by atoms with Crippen LogP contribution in [0.3, 0.4) is 0 Å². The molecule has 3 nitrogen and oxygen atoms in total. The lowest BCUT2D eigenvalue weighted by atomic mass is 9.75. The Morgan fingerprint density at radius 2 is 1.94 bits per heavy atom. The summed E-state index contributed by atoms with van der Waals surface area (Å²) in [7, 11) is 0. The van der Waals surface area contributed by atoms with E-state index in [2.05, 4.69) is 31.0 Å². The van der Waals surface area contributed by atoms with Crippen LogP contribution in [0.5, 0.6) is 0 Å². The van der Waals surface area contributed by atoms with Crippen molar-refractivity contribution in [2.75, 3.05) is 39.4 Å². The molecule has 2 aliphatic heterocycles. The molecule has 1 atom stereocenters. The first kappa shape index (κ1) is 13.3. The van der Waals surface area contributed by atoms with Gasteiger partial charge in [-0.2, -0.15) is 0 Å². The maximum absolute atomic E-state index is 5.51.